The fraction of sp³-hybridized carbons (Fsp3) is 0.231. The van der Waals surface area contributed by atoms with Gasteiger partial charge in [-0.15, -0.1) is 10.2 Å². The summed E-state index contributed by atoms with van der Waals surface area (Å²) in [5.74, 6) is -2.43. The molecule has 0 fully saturated rings. The first-order chi connectivity index (χ1) is 20.2. The van der Waals surface area contributed by atoms with Crippen molar-refractivity contribution in [3.8, 4) is 0 Å². The van der Waals surface area contributed by atoms with Gasteiger partial charge >= 0.3 is 8.25 Å². The van der Waals surface area contributed by atoms with Crippen LogP contribution in [0.5, 0.6) is 0 Å². The molecular formula is C26H22N8O7P+. The maximum Gasteiger partial charge on any atom is 0.701 e. The molecule has 212 valence electrons. The van der Waals surface area contributed by atoms with Crippen LogP contribution in [0, 0.1) is 13.8 Å². The third-order valence-corrected chi connectivity index (χ3v) is 7.31. The summed E-state index contributed by atoms with van der Waals surface area (Å²) >= 11 is 0. The Hall–Kier alpha value is -4.98. The average Bonchev–Trinajstić information content (AvgIpc) is 3.73. The van der Waals surface area contributed by atoms with Crippen LogP contribution in [0.25, 0.3) is 0 Å². The molecule has 0 aliphatic carbocycles. The fourth-order valence-electron chi connectivity index (χ4n) is 4.66. The van der Waals surface area contributed by atoms with Crippen molar-refractivity contribution >= 4 is 43.0 Å². The average molecular weight is 589 g/mol. The van der Waals surface area contributed by atoms with Gasteiger partial charge < -0.3 is 0 Å². The van der Waals surface area contributed by atoms with Crippen molar-refractivity contribution in [2.45, 2.75) is 40.4 Å². The normalized spacial score (nSPS) is 14.2. The fourth-order valence-corrected chi connectivity index (χ4v) is 5.16. The number of rotatable bonds is 10. The molecule has 2 amide bonds. The number of hydrogen-bond acceptors (Lipinski definition) is 11. The van der Waals surface area contributed by atoms with Crippen LogP contribution in [0.3, 0.4) is 0 Å². The van der Waals surface area contributed by atoms with E-state index in [1.165, 1.54) is 31.6 Å². The molecule has 6 rings (SSSR count). The summed E-state index contributed by atoms with van der Waals surface area (Å²) in [5, 5.41) is 15.8. The highest BCUT2D eigenvalue weighted by Crippen LogP contribution is 2.32. The molecule has 16 heteroatoms. The zero-order valence-electron chi connectivity index (χ0n) is 22.3. The minimum atomic E-state index is -2.58. The van der Waals surface area contributed by atoms with Crippen molar-refractivity contribution in [2.75, 3.05) is 9.80 Å². The largest absolute Gasteiger partial charge is 0.701 e. The van der Waals surface area contributed by atoms with Crippen molar-refractivity contribution in [1.29, 1.82) is 0 Å². The minimum Gasteiger partial charge on any atom is -0.299 e. The molecular weight excluding hydrogens is 567 g/mol. The summed E-state index contributed by atoms with van der Waals surface area (Å²) in [6.07, 6.45) is 3.00. The second-order valence-corrected chi connectivity index (χ2v) is 10.7. The molecule has 2 aromatic carbocycles. The quantitative estimate of drug-likeness (QED) is 0.196. The van der Waals surface area contributed by atoms with Gasteiger partial charge in [-0.25, -0.2) is 9.36 Å². The molecule has 0 bridgehead atoms. The van der Waals surface area contributed by atoms with Crippen LogP contribution in [0.4, 0.5) is 11.4 Å². The molecule has 0 radical (unpaired) electrons. The molecule has 2 aliphatic heterocycles. The zero-order chi connectivity index (χ0) is 29.5. The number of fused-ring (bicyclic) bond motifs is 2. The number of Topliss-reactive ketones (excluding diaryl/α,β-unsaturated/α-hetero) is 2. The molecule has 42 heavy (non-hydrogen) atoms. The Balaban J connectivity index is 0.994. The molecule has 4 aromatic rings. The predicted molar refractivity (Wildman–Crippen MR) is 143 cm³/mol. The van der Waals surface area contributed by atoms with Gasteiger partial charge in [-0.3, -0.25) is 29.0 Å². The zero-order valence-corrected chi connectivity index (χ0v) is 23.2. The van der Waals surface area contributed by atoms with E-state index < -0.39 is 31.6 Å². The first-order valence-electron chi connectivity index (χ1n) is 12.6. The number of nitrogens with zero attached hydrogens (tertiary/aromatic N) is 8. The topological polar surface area (TPSA) is 172 Å². The van der Waals surface area contributed by atoms with Crippen molar-refractivity contribution in [1.82, 2.24) is 30.0 Å². The number of benzene rings is 2. The van der Waals surface area contributed by atoms with Gasteiger partial charge in [-0.1, -0.05) is 42.7 Å². The molecule has 0 unspecified atom stereocenters. The van der Waals surface area contributed by atoms with Crippen molar-refractivity contribution in [3.63, 3.8) is 0 Å². The lowest BCUT2D eigenvalue weighted by Crippen LogP contribution is -2.29. The van der Waals surface area contributed by atoms with Gasteiger partial charge in [0.15, 0.2) is 13.5 Å². The summed E-state index contributed by atoms with van der Waals surface area (Å²) in [6.45, 7) is 3.23. The highest BCUT2D eigenvalue weighted by molar-refractivity contribution is 7.33. The Morgan fingerprint density at radius 1 is 0.690 bits per heavy atom. The first-order valence-corrected chi connectivity index (χ1v) is 13.7. The third-order valence-electron chi connectivity index (χ3n) is 6.66. The van der Waals surface area contributed by atoms with E-state index in [2.05, 4.69) is 20.6 Å². The SMILES string of the molecule is Cc1ccc2c(c1)C(=O)C(=O)N2Cc1cn(CO[P+](=O)OCn2cc(CN3C(=O)C(=O)c4cc(C)ccc43)nn2)nn1. The highest BCUT2D eigenvalue weighted by atomic mass is 31.1. The molecule has 0 spiro atoms. The monoisotopic (exact) mass is 589 g/mol. The predicted octanol–water partition coefficient (Wildman–Crippen LogP) is 2.25. The third kappa shape index (κ3) is 5.11. The summed E-state index contributed by atoms with van der Waals surface area (Å²) in [6, 6.07) is 10.4. The maximum atomic E-state index is 12.5. The molecule has 0 atom stereocenters. The molecule has 4 heterocycles. The van der Waals surface area contributed by atoms with Crippen molar-refractivity contribution in [3.05, 3.63) is 82.4 Å². The highest BCUT2D eigenvalue weighted by Gasteiger charge is 2.37. The lowest BCUT2D eigenvalue weighted by Gasteiger charge is -2.14. The number of hydrogen-bond donors (Lipinski definition) is 0. The number of amides is 2. The molecule has 2 aromatic heterocycles. The van der Waals surface area contributed by atoms with E-state index in [0.29, 0.717) is 33.9 Å². The van der Waals surface area contributed by atoms with Gasteiger partial charge in [0.2, 0.25) is 0 Å². The van der Waals surface area contributed by atoms with Crippen LogP contribution in [-0.4, -0.2) is 53.4 Å². The van der Waals surface area contributed by atoms with Gasteiger partial charge in [-0.2, -0.15) is 0 Å². The first kappa shape index (κ1) is 27.2. The molecule has 0 saturated carbocycles. The van der Waals surface area contributed by atoms with E-state index in [0.717, 1.165) is 11.1 Å². The molecule has 2 aliphatic rings. The maximum absolute atomic E-state index is 12.5. The smallest absolute Gasteiger partial charge is 0.299 e. The van der Waals surface area contributed by atoms with Crippen LogP contribution in [-0.2, 0) is 49.8 Å². The summed E-state index contributed by atoms with van der Waals surface area (Å²) < 4.78 is 25.2. The Morgan fingerprint density at radius 2 is 1.12 bits per heavy atom. The van der Waals surface area contributed by atoms with Crippen molar-refractivity contribution in [2.24, 2.45) is 0 Å². The number of aromatic nitrogens is 6. The van der Waals surface area contributed by atoms with Crippen LogP contribution < -0.4 is 9.80 Å². The van der Waals surface area contributed by atoms with Gasteiger partial charge in [0, 0.05) is 4.57 Å². The summed E-state index contributed by atoms with van der Waals surface area (Å²) in [7, 11) is -2.58. The lowest BCUT2D eigenvalue weighted by molar-refractivity contribution is -0.115. The standard InChI is InChI=1S/C26H22N8O7P/c1-15-3-5-21-19(7-15)23(35)25(37)33(21)11-17-9-31(29-27-17)13-40-42(39)41-14-32-10-18(28-30-32)12-34-22-6-4-16(2)8-20(22)24(36)26(34)38/h3-10H,11-14H2,1-2H3/q+1. The van der Waals surface area contributed by atoms with E-state index in [-0.39, 0.29) is 26.6 Å². The van der Waals surface area contributed by atoms with E-state index >= 15 is 0 Å². The molecule has 0 saturated heterocycles. The Bertz CT molecular complexity index is 1670. The van der Waals surface area contributed by atoms with Crippen LogP contribution in [0.15, 0.2) is 48.8 Å². The number of anilines is 2. The van der Waals surface area contributed by atoms with Gasteiger partial charge in [0.05, 0.1) is 48.0 Å². The van der Waals surface area contributed by atoms with Gasteiger partial charge in [-0.05, 0) is 38.1 Å². The van der Waals surface area contributed by atoms with Crippen LogP contribution >= 0.6 is 8.25 Å². The lowest BCUT2D eigenvalue weighted by atomic mass is 10.1. The Labute approximate surface area is 238 Å². The van der Waals surface area contributed by atoms with Gasteiger partial charge in [0.1, 0.15) is 11.4 Å². The second-order valence-electron chi connectivity index (χ2n) is 9.72. The van der Waals surface area contributed by atoms with Crippen LogP contribution in [0.1, 0.15) is 43.2 Å². The molecule has 0 N–H and O–H groups in total. The van der Waals surface area contributed by atoms with Crippen molar-refractivity contribution < 1.29 is 32.8 Å². The second kappa shape index (κ2) is 10.8. The number of ketones is 2. The number of aryl methyl sites for hydroxylation is 2. The van der Waals surface area contributed by atoms with E-state index in [1.807, 2.05) is 26.0 Å². The number of carbonyl (C=O) groups excluding carboxylic acids is 4. The Kier molecular flexibility index (Phi) is 6.98. The molecule has 15 nitrogen and oxygen atoms in total. The summed E-state index contributed by atoms with van der Waals surface area (Å²) in [5.41, 5.74) is 4.26. The van der Waals surface area contributed by atoms with Gasteiger partial charge in [0.25, 0.3) is 23.4 Å². The number of carbonyl (C=O) groups is 4. The van der Waals surface area contributed by atoms with E-state index in [9.17, 15) is 23.7 Å². The van der Waals surface area contributed by atoms with E-state index in [1.54, 1.807) is 24.3 Å². The van der Waals surface area contributed by atoms with Crippen LogP contribution in [0.2, 0.25) is 0 Å². The van der Waals surface area contributed by atoms with E-state index in [4.69, 9.17) is 9.05 Å². The minimum absolute atomic E-state index is 0.0281. The summed E-state index contributed by atoms with van der Waals surface area (Å²) in [4.78, 5) is 52.2. The Morgan fingerprint density at radius 3 is 1.55 bits per heavy atom.